The van der Waals surface area contributed by atoms with E-state index in [0.29, 0.717) is 0 Å². The van der Waals surface area contributed by atoms with Crippen LogP contribution in [-0.2, 0) is 12.8 Å². The van der Waals surface area contributed by atoms with Gasteiger partial charge in [-0.3, -0.25) is 0 Å². The van der Waals surface area contributed by atoms with Gasteiger partial charge < -0.3 is 0 Å². The molecule has 0 radical (unpaired) electrons. The topological polar surface area (TPSA) is 0 Å². The lowest BCUT2D eigenvalue weighted by molar-refractivity contribution is 1.14. The molecule has 0 nitrogen and oxygen atoms in total. The van der Waals surface area contributed by atoms with Gasteiger partial charge in [-0.05, 0) is 53.2 Å². The predicted octanol–water partition coefficient (Wildman–Crippen LogP) is 4.74. The van der Waals surface area contributed by atoms with Gasteiger partial charge in [-0.2, -0.15) is 0 Å². The number of benzene rings is 2. The number of hydrogen-bond acceptors (Lipinski definition) is 0. The Labute approximate surface area is 109 Å². The maximum Gasteiger partial charge on any atom is -0.00109 e. The minimum Gasteiger partial charge on any atom is -0.0619 e. The van der Waals surface area contributed by atoms with E-state index in [1.165, 1.54) is 33.4 Å². The summed E-state index contributed by atoms with van der Waals surface area (Å²) in [6.45, 7) is 4.44. The molecule has 0 bridgehead atoms. The molecule has 0 atom stereocenters. The molecule has 2 aromatic rings. The molecule has 1 aliphatic carbocycles. The summed E-state index contributed by atoms with van der Waals surface area (Å²) < 4.78 is 0. The van der Waals surface area contributed by atoms with E-state index in [2.05, 4.69) is 62.4 Å². The van der Waals surface area contributed by atoms with Gasteiger partial charge in [0.1, 0.15) is 0 Å². The lowest BCUT2D eigenvalue weighted by Crippen LogP contribution is -1.87. The van der Waals surface area contributed by atoms with Gasteiger partial charge in [-0.25, -0.2) is 0 Å². The predicted molar refractivity (Wildman–Crippen MR) is 78.5 cm³/mol. The highest BCUT2D eigenvalue weighted by Crippen LogP contribution is 2.37. The second-order valence-corrected chi connectivity index (χ2v) is 4.99. The van der Waals surface area contributed by atoms with Crippen molar-refractivity contribution in [1.82, 2.24) is 0 Å². The van der Waals surface area contributed by atoms with Gasteiger partial charge in [-0.1, -0.05) is 55.5 Å². The molecule has 0 amide bonds. The van der Waals surface area contributed by atoms with E-state index in [4.69, 9.17) is 0 Å². The van der Waals surface area contributed by atoms with Crippen LogP contribution in [0.4, 0.5) is 0 Å². The van der Waals surface area contributed by atoms with Crippen molar-refractivity contribution in [3.8, 4) is 0 Å². The van der Waals surface area contributed by atoms with Gasteiger partial charge in [0.15, 0.2) is 0 Å². The first-order valence-corrected chi connectivity index (χ1v) is 6.67. The fourth-order valence-electron chi connectivity index (χ4n) is 2.79. The van der Waals surface area contributed by atoms with E-state index in [1.54, 1.807) is 0 Å². The highest BCUT2D eigenvalue weighted by atomic mass is 14.2. The molecule has 3 rings (SSSR count). The van der Waals surface area contributed by atoms with Crippen molar-refractivity contribution < 1.29 is 0 Å². The molecule has 0 saturated carbocycles. The molecule has 18 heavy (non-hydrogen) atoms. The largest absolute Gasteiger partial charge is 0.0619 e. The van der Waals surface area contributed by atoms with Crippen LogP contribution in [0.25, 0.3) is 11.1 Å². The Balaban J connectivity index is 2.01. The zero-order valence-corrected chi connectivity index (χ0v) is 11.0. The van der Waals surface area contributed by atoms with Gasteiger partial charge in [0.05, 0.1) is 0 Å². The molecule has 0 fully saturated rings. The molecule has 0 aromatic heterocycles. The van der Waals surface area contributed by atoms with Crippen LogP contribution in [0.5, 0.6) is 0 Å². The van der Waals surface area contributed by atoms with Crippen LogP contribution in [0.2, 0.25) is 0 Å². The quantitative estimate of drug-likeness (QED) is 0.704. The van der Waals surface area contributed by atoms with E-state index < -0.39 is 0 Å². The maximum atomic E-state index is 2.27. The Morgan fingerprint density at radius 3 is 2.33 bits per heavy atom. The smallest absolute Gasteiger partial charge is 0.00109 e. The Morgan fingerprint density at radius 1 is 0.944 bits per heavy atom. The van der Waals surface area contributed by atoms with Gasteiger partial charge in [0.2, 0.25) is 0 Å². The molecule has 0 heteroatoms. The summed E-state index contributed by atoms with van der Waals surface area (Å²) in [7, 11) is 0. The van der Waals surface area contributed by atoms with Crippen LogP contribution in [0.15, 0.2) is 48.5 Å². The number of allylic oxidation sites excluding steroid dienone is 2. The van der Waals surface area contributed by atoms with E-state index in [-0.39, 0.29) is 0 Å². The molecule has 90 valence electrons. The van der Waals surface area contributed by atoms with Crippen molar-refractivity contribution >= 4 is 11.1 Å². The van der Waals surface area contributed by atoms with Crippen molar-refractivity contribution in [2.24, 2.45) is 0 Å². The summed E-state index contributed by atoms with van der Waals surface area (Å²) >= 11 is 0. The van der Waals surface area contributed by atoms with Crippen molar-refractivity contribution in [1.29, 1.82) is 0 Å². The minimum absolute atomic E-state index is 1.08. The van der Waals surface area contributed by atoms with E-state index in [0.717, 1.165) is 12.8 Å². The fourth-order valence-corrected chi connectivity index (χ4v) is 2.79. The summed E-state index contributed by atoms with van der Waals surface area (Å²) in [5.41, 5.74) is 8.60. The highest BCUT2D eigenvalue weighted by molar-refractivity contribution is 5.96. The maximum absolute atomic E-state index is 2.27. The first-order chi connectivity index (χ1) is 8.79. The normalized spacial score (nSPS) is 13.9. The molecule has 1 aliphatic rings. The molecule has 0 unspecified atom stereocenters. The third-order valence-electron chi connectivity index (χ3n) is 3.95. The lowest BCUT2D eigenvalue weighted by Gasteiger charge is -2.05. The van der Waals surface area contributed by atoms with Crippen LogP contribution in [0.3, 0.4) is 0 Å². The number of hydrogen-bond donors (Lipinski definition) is 0. The second kappa shape index (κ2) is 4.45. The van der Waals surface area contributed by atoms with Crippen LogP contribution in [0.1, 0.15) is 36.1 Å². The SMILES string of the molecule is CCc1ccc(C2=C(C)c3ccccc3C2)cc1. The summed E-state index contributed by atoms with van der Waals surface area (Å²) in [5, 5.41) is 0. The zero-order chi connectivity index (χ0) is 12.5. The molecule has 0 N–H and O–H groups in total. The molecule has 2 aromatic carbocycles. The Bertz CT molecular complexity index is 600. The van der Waals surface area contributed by atoms with Gasteiger partial charge >= 0.3 is 0 Å². The summed E-state index contributed by atoms with van der Waals surface area (Å²) in [5.74, 6) is 0. The van der Waals surface area contributed by atoms with Crippen molar-refractivity contribution in [2.45, 2.75) is 26.7 Å². The molecule has 0 spiro atoms. The van der Waals surface area contributed by atoms with Crippen LogP contribution < -0.4 is 0 Å². The third kappa shape index (κ3) is 1.78. The Kier molecular flexibility index (Phi) is 2.79. The lowest BCUT2D eigenvalue weighted by atomic mass is 9.99. The van der Waals surface area contributed by atoms with Crippen molar-refractivity contribution in [2.75, 3.05) is 0 Å². The van der Waals surface area contributed by atoms with Crippen LogP contribution in [-0.4, -0.2) is 0 Å². The standard InChI is InChI=1S/C18H18/c1-3-14-8-10-15(11-9-14)18-12-16-6-4-5-7-17(16)13(18)2/h4-11H,3,12H2,1-2H3. The average molecular weight is 234 g/mol. The second-order valence-electron chi connectivity index (χ2n) is 4.99. The summed E-state index contributed by atoms with van der Waals surface area (Å²) in [4.78, 5) is 0. The fraction of sp³-hybridized carbons (Fsp3) is 0.222. The van der Waals surface area contributed by atoms with E-state index >= 15 is 0 Å². The molecule has 0 heterocycles. The van der Waals surface area contributed by atoms with Gasteiger partial charge in [0.25, 0.3) is 0 Å². The van der Waals surface area contributed by atoms with Crippen molar-refractivity contribution in [3.63, 3.8) is 0 Å². The summed E-state index contributed by atoms with van der Waals surface area (Å²) in [6.07, 6.45) is 2.19. The zero-order valence-electron chi connectivity index (χ0n) is 11.0. The number of fused-ring (bicyclic) bond motifs is 1. The first kappa shape index (κ1) is 11.3. The molecular formula is C18H18. The Morgan fingerprint density at radius 2 is 1.67 bits per heavy atom. The van der Waals surface area contributed by atoms with Crippen LogP contribution in [0, 0.1) is 0 Å². The molecule has 0 saturated heterocycles. The van der Waals surface area contributed by atoms with Crippen LogP contribution >= 0.6 is 0 Å². The average Bonchev–Trinajstić information content (AvgIpc) is 2.77. The number of rotatable bonds is 2. The number of aryl methyl sites for hydroxylation is 1. The van der Waals surface area contributed by atoms with Gasteiger partial charge in [0, 0.05) is 0 Å². The first-order valence-electron chi connectivity index (χ1n) is 6.67. The highest BCUT2D eigenvalue weighted by Gasteiger charge is 2.18. The van der Waals surface area contributed by atoms with Crippen molar-refractivity contribution in [3.05, 3.63) is 70.8 Å². The third-order valence-corrected chi connectivity index (χ3v) is 3.95. The van der Waals surface area contributed by atoms with Gasteiger partial charge in [-0.15, -0.1) is 0 Å². The molecule has 0 aliphatic heterocycles. The Hall–Kier alpha value is -1.82. The summed E-state index contributed by atoms with van der Waals surface area (Å²) in [6, 6.07) is 17.8. The van der Waals surface area contributed by atoms with E-state index in [1.807, 2.05) is 0 Å². The molecular weight excluding hydrogens is 216 g/mol. The monoisotopic (exact) mass is 234 g/mol. The minimum atomic E-state index is 1.08. The van der Waals surface area contributed by atoms with E-state index in [9.17, 15) is 0 Å².